The van der Waals surface area contributed by atoms with E-state index in [2.05, 4.69) is 40.4 Å². The first-order valence-corrected chi connectivity index (χ1v) is 16.6. The van der Waals surface area contributed by atoms with E-state index in [1.54, 1.807) is 0 Å². The standard InChI is InChI=1S/C26H57NSi/c1-7-8-9-10-11-12-13-14-15-16-17-18-19-21-25(24-26(2,3)27)22-20-23-28(4,5)6/h25H,7-24,27H2,1-6H3. The second-order valence-corrected chi connectivity index (χ2v) is 17.2. The van der Waals surface area contributed by atoms with Crippen molar-refractivity contribution in [2.24, 2.45) is 11.7 Å². The summed E-state index contributed by atoms with van der Waals surface area (Å²) in [6.45, 7) is 14.2. The predicted octanol–water partition coefficient (Wildman–Crippen LogP) is 9.33. The molecule has 0 heterocycles. The van der Waals surface area contributed by atoms with E-state index in [9.17, 15) is 0 Å². The number of hydrogen-bond acceptors (Lipinski definition) is 1. The van der Waals surface area contributed by atoms with Gasteiger partial charge in [0, 0.05) is 13.6 Å². The van der Waals surface area contributed by atoms with Gasteiger partial charge >= 0.3 is 0 Å². The summed E-state index contributed by atoms with van der Waals surface area (Å²) in [6, 6.07) is 1.48. The first kappa shape index (κ1) is 28.2. The number of hydrogen-bond donors (Lipinski definition) is 1. The van der Waals surface area contributed by atoms with Gasteiger partial charge in [-0.05, 0) is 26.2 Å². The van der Waals surface area contributed by atoms with E-state index in [4.69, 9.17) is 5.73 Å². The molecule has 1 nitrogen and oxygen atoms in total. The molecule has 0 aliphatic carbocycles. The Hall–Kier alpha value is 0.177. The average Bonchev–Trinajstić information content (AvgIpc) is 2.56. The van der Waals surface area contributed by atoms with Crippen LogP contribution >= 0.6 is 0 Å². The van der Waals surface area contributed by atoms with Crippen molar-refractivity contribution in [1.29, 1.82) is 0 Å². The molecule has 2 heteroatoms. The van der Waals surface area contributed by atoms with Gasteiger partial charge in [0.15, 0.2) is 0 Å². The van der Waals surface area contributed by atoms with Gasteiger partial charge in [-0.25, -0.2) is 0 Å². The lowest BCUT2D eigenvalue weighted by molar-refractivity contribution is 0.315. The first-order valence-electron chi connectivity index (χ1n) is 12.9. The summed E-state index contributed by atoms with van der Waals surface area (Å²) in [5, 5.41) is 0. The third kappa shape index (κ3) is 22.5. The summed E-state index contributed by atoms with van der Waals surface area (Å²) in [4.78, 5) is 0. The zero-order valence-electron chi connectivity index (χ0n) is 20.9. The second kappa shape index (κ2) is 16.9. The Bertz CT molecular complexity index is 326. The van der Waals surface area contributed by atoms with E-state index in [0.29, 0.717) is 0 Å². The zero-order chi connectivity index (χ0) is 21.3. The van der Waals surface area contributed by atoms with Gasteiger partial charge in [0.1, 0.15) is 0 Å². The SMILES string of the molecule is CCCCCCCCCCCCCCCC(CCC[Si](C)(C)C)CC(C)(C)N. The molecule has 0 fully saturated rings. The molecule has 0 aliphatic rings. The van der Waals surface area contributed by atoms with Gasteiger partial charge in [0.2, 0.25) is 0 Å². The summed E-state index contributed by atoms with van der Waals surface area (Å²) >= 11 is 0. The predicted molar refractivity (Wildman–Crippen MR) is 134 cm³/mol. The van der Waals surface area contributed by atoms with Gasteiger partial charge in [0.05, 0.1) is 0 Å². The molecule has 0 saturated carbocycles. The molecule has 0 aliphatic heterocycles. The van der Waals surface area contributed by atoms with E-state index < -0.39 is 8.07 Å². The van der Waals surface area contributed by atoms with Crippen molar-refractivity contribution < 1.29 is 0 Å². The van der Waals surface area contributed by atoms with E-state index >= 15 is 0 Å². The van der Waals surface area contributed by atoms with Crippen LogP contribution in [0.3, 0.4) is 0 Å². The Morgan fingerprint density at radius 1 is 0.643 bits per heavy atom. The van der Waals surface area contributed by atoms with Crippen molar-refractivity contribution in [2.75, 3.05) is 0 Å². The fraction of sp³-hybridized carbons (Fsp3) is 1.00. The number of rotatable bonds is 20. The van der Waals surface area contributed by atoms with Crippen LogP contribution in [-0.4, -0.2) is 13.6 Å². The molecule has 0 aromatic carbocycles. The van der Waals surface area contributed by atoms with Crippen molar-refractivity contribution in [3.05, 3.63) is 0 Å². The largest absolute Gasteiger partial charge is 0.326 e. The molecule has 0 aromatic heterocycles. The molecule has 28 heavy (non-hydrogen) atoms. The van der Waals surface area contributed by atoms with Gasteiger partial charge in [-0.15, -0.1) is 0 Å². The van der Waals surface area contributed by atoms with Crippen LogP contribution in [0.1, 0.15) is 130 Å². The molecule has 0 spiro atoms. The van der Waals surface area contributed by atoms with Crippen LogP contribution in [0.25, 0.3) is 0 Å². The highest BCUT2D eigenvalue weighted by atomic mass is 28.3. The maximum Gasteiger partial charge on any atom is 0.0442 e. The van der Waals surface area contributed by atoms with Crippen molar-refractivity contribution in [1.82, 2.24) is 0 Å². The Kier molecular flexibility index (Phi) is 17.0. The van der Waals surface area contributed by atoms with Crippen LogP contribution in [0, 0.1) is 5.92 Å². The summed E-state index contributed by atoms with van der Waals surface area (Å²) in [5.41, 5.74) is 6.35. The number of nitrogens with two attached hydrogens (primary N) is 1. The molecule has 0 bridgehead atoms. The normalized spacial score (nSPS) is 13.8. The Morgan fingerprint density at radius 3 is 1.43 bits per heavy atom. The molecule has 0 radical (unpaired) electrons. The second-order valence-electron chi connectivity index (χ2n) is 11.5. The third-order valence-electron chi connectivity index (χ3n) is 6.07. The smallest absolute Gasteiger partial charge is 0.0442 e. The summed E-state index contributed by atoms with van der Waals surface area (Å²) < 4.78 is 0. The molecule has 0 amide bonds. The molecular formula is C26H57NSi. The molecular weight excluding hydrogens is 354 g/mol. The summed E-state index contributed by atoms with van der Waals surface area (Å²) in [7, 11) is -0.886. The lowest BCUT2D eigenvalue weighted by Crippen LogP contribution is -2.34. The minimum atomic E-state index is -0.886. The molecule has 0 aromatic rings. The van der Waals surface area contributed by atoms with Crippen LogP contribution < -0.4 is 5.73 Å². The monoisotopic (exact) mass is 411 g/mol. The molecule has 2 N–H and O–H groups in total. The van der Waals surface area contributed by atoms with Crippen LogP contribution in [0.5, 0.6) is 0 Å². The molecule has 0 rings (SSSR count). The van der Waals surface area contributed by atoms with Gasteiger partial charge in [-0.3, -0.25) is 0 Å². The summed E-state index contributed by atoms with van der Waals surface area (Å²) in [5.74, 6) is 0.851. The van der Waals surface area contributed by atoms with Gasteiger partial charge in [0.25, 0.3) is 0 Å². The fourth-order valence-corrected chi connectivity index (χ4v) is 5.73. The van der Waals surface area contributed by atoms with Crippen molar-refractivity contribution in [3.8, 4) is 0 Å². The van der Waals surface area contributed by atoms with Gasteiger partial charge in [-0.2, -0.15) is 0 Å². The fourth-order valence-electron chi connectivity index (χ4n) is 4.46. The van der Waals surface area contributed by atoms with E-state index in [0.717, 1.165) is 5.92 Å². The Balaban J connectivity index is 3.67. The highest BCUT2D eigenvalue weighted by Crippen LogP contribution is 2.27. The highest BCUT2D eigenvalue weighted by Gasteiger charge is 2.20. The van der Waals surface area contributed by atoms with E-state index in [-0.39, 0.29) is 5.54 Å². The molecule has 0 saturated heterocycles. The van der Waals surface area contributed by atoms with E-state index in [1.807, 2.05) is 0 Å². The summed E-state index contributed by atoms with van der Waals surface area (Å²) in [6.07, 6.45) is 24.3. The lowest BCUT2D eigenvalue weighted by Gasteiger charge is -2.27. The Labute approximate surface area is 181 Å². The quantitative estimate of drug-likeness (QED) is 0.157. The lowest BCUT2D eigenvalue weighted by atomic mass is 9.85. The van der Waals surface area contributed by atoms with Crippen molar-refractivity contribution in [2.45, 2.75) is 161 Å². The minimum Gasteiger partial charge on any atom is -0.326 e. The third-order valence-corrected chi connectivity index (χ3v) is 7.92. The van der Waals surface area contributed by atoms with Crippen LogP contribution in [0.15, 0.2) is 0 Å². The first-order chi connectivity index (χ1) is 13.1. The molecule has 170 valence electrons. The Morgan fingerprint density at radius 2 is 1.04 bits per heavy atom. The maximum absolute atomic E-state index is 6.35. The maximum atomic E-state index is 6.35. The molecule has 1 atom stereocenters. The van der Waals surface area contributed by atoms with Crippen molar-refractivity contribution in [3.63, 3.8) is 0 Å². The van der Waals surface area contributed by atoms with Gasteiger partial charge in [-0.1, -0.05) is 135 Å². The highest BCUT2D eigenvalue weighted by molar-refractivity contribution is 6.76. The minimum absolute atomic E-state index is 0.000364. The van der Waals surface area contributed by atoms with Gasteiger partial charge < -0.3 is 5.73 Å². The number of unbranched alkanes of at least 4 members (excludes halogenated alkanes) is 12. The zero-order valence-corrected chi connectivity index (χ0v) is 21.9. The van der Waals surface area contributed by atoms with E-state index in [1.165, 1.54) is 115 Å². The molecule has 1 unspecified atom stereocenters. The average molecular weight is 412 g/mol. The van der Waals surface area contributed by atoms with Crippen molar-refractivity contribution >= 4 is 8.07 Å². The van der Waals surface area contributed by atoms with Crippen LogP contribution in [0.4, 0.5) is 0 Å². The van der Waals surface area contributed by atoms with Crippen LogP contribution in [0.2, 0.25) is 25.7 Å². The van der Waals surface area contributed by atoms with Crippen LogP contribution in [-0.2, 0) is 0 Å². The topological polar surface area (TPSA) is 26.0 Å².